The Bertz CT molecular complexity index is 294. The number of carbonyl (C=O) groups excluding carboxylic acids is 2. The van der Waals surface area contributed by atoms with E-state index in [1.54, 1.807) is 0 Å². The van der Waals surface area contributed by atoms with E-state index in [1.165, 1.54) is 17.9 Å². The van der Waals surface area contributed by atoms with Crippen LogP contribution in [0, 0.1) is 0 Å². The van der Waals surface area contributed by atoms with Crippen molar-refractivity contribution in [1.29, 1.82) is 0 Å². The Hall–Kier alpha value is -1.10. The van der Waals surface area contributed by atoms with E-state index in [0.717, 1.165) is 19.4 Å². The third-order valence-electron chi connectivity index (χ3n) is 3.79. The Kier molecular flexibility index (Phi) is 6.12. The van der Waals surface area contributed by atoms with Gasteiger partial charge in [-0.3, -0.25) is 9.59 Å². The lowest BCUT2D eigenvalue weighted by molar-refractivity contribution is -0.909. The van der Waals surface area contributed by atoms with Crippen LogP contribution in [0.4, 0.5) is 0 Å². The number of likely N-dealkylation sites (N-methyl/N-ethyl adjacent to an activating group) is 1. The number of quaternary nitrogens is 1. The van der Waals surface area contributed by atoms with E-state index >= 15 is 0 Å². The van der Waals surface area contributed by atoms with E-state index in [-0.39, 0.29) is 6.04 Å². The molecule has 1 rings (SSSR count). The van der Waals surface area contributed by atoms with Gasteiger partial charge in [0.05, 0.1) is 19.6 Å². The molecule has 3 N–H and O–H groups in total. The van der Waals surface area contributed by atoms with Gasteiger partial charge in [-0.1, -0.05) is 6.92 Å². The van der Waals surface area contributed by atoms with Crippen LogP contribution < -0.4 is 15.5 Å². The summed E-state index contributed by atoms with van der Waals surface area (Å²) in [6.45, 7) is 8.89. The van der Waals surface area contributed by atoms with Gasteiger partial charge >= 0.3 is 11.8 Å². The third-order valence-corrected chi connectivity index (χ3v) is 3.79. The van der Waals surface area contributed by atoms with E-state index in [4.69, 9.17) is 0 Å². The van der Waals surface area contributed by atoms with Gasteiger partial charge in [0.2, 0.25) is 0 Å². The van der Waals surface area contributed by atoms with E-state index in [2.05, 4.69) is 17.6 Å². The maximum atomic E-state index is 11.6. The van der Waals surface area contributed by atoms with Gasteiger partial charge in [0, 0.05) is 18.9 Å². The van der Waals surface area contributed by atoms with Crippen molar-refractivity contribution in [2.45, 2.75) is 52.1 Å². The molecular weight excluding hydrogens is 230 g/mol. The smallest absolute Gasteiger partial charge is 0.309 e. The van der Waals surface area contributed by atoms with E-state index < -0.39 is 11.8 Å². The van der Waals surface area contributed by atoms with Gasteiger partial charge in [0.25, 0.3) is 0 Å². The molecule has 1 aliphatic rings. The number of nitrogens with one attached hydrogen (secondary N) is 3. The summed E-state index contributed by atoms with van der Waals surface area (Å²) in [4.78, 5) is 24.7. The fourth-order valence-electron chi connectivity index (χ4n) is 2.38. The van der Waals surface area contributed by atoms with E-state index in [9.17, 15) is 9.59 Å². The van der Waals surface area contributed by atoms with Gasteiger partial charge in [-0.15, -0.1) is 0 Å². The molecule has 0 aromatic heterocycles. The van der Waals surface area contributed by atoms with Crippen molar-refractivity contribution in [1.82, 2.24) is 10.6 Å². The molecule has 2 amide bonds. The van der Waals surface area contributed by atoms with Gasteiger partial charge < -0.3 is 15.5 Å². The molecule has 1 unspecified atom stereocenters. The number of amides is 2. The van der Waals surface area contributed by atoms with Crippen molar-refractivity contribution < 1.29 is 14.5 Å². The highest BCUT2D eigenvalue weighted by molar-refractivity contribution is 6.35. The molecular formula is C13H26N3O2+. The normalized spacial score (nSPS) is 24.6. The average Bonchev–Trinajstić information content (AvgIpc) is 2.82. The molecule has 1 heterocycles. The fraction of sp³-hybridized carbons (Fsp3) is 0.846. The minimum absolute atomic E-state index is 0.0486. The zero-order valence-electron chi connectivity index (χ0n) is 11.7. The number of likely N-dealkylation sites (tertiary alicyclic amines) is 1. The van der Waals surface area contributed by atoms with Crippen molar-refractivity contribution in [3.8, 4) is 0 Å². The number of carbonyl (C=O) groups is 2. The molecule has 0 saturated carbocycles. The van der Waals surface area contributed by atoms with Crippen molar-refractivity contribution in [2.75, 3.05) is 19.6 Å². The summed E-state index contributed by atoms with van der Waals surface area (Å²) in [6, 6.07) is 0.517. The van der Waals surface area contributed by atoms with Crippen LogP contribution in [-0.2, 0) is 9.59 Å². The SMILES string of the molecule is CC[C@H](C)NC(=O)C(=O)NC[C@H]1CCC[NH+]1CC. The summed E-state index contributed by atoms with van der Waals surface area (Å²) in [6.07, 6.45) is 3.18. The highest BCUT2D eigenvalue weighted by atomic mass is 16.2. The zero-order valence-corrected chi connectivity index (χ0v) is 11.7. The van der Waals surface area contributed by atoms with Crippen LogP contribution in [0.25, 0.3) is 0 Å². The summed E-state index contributed by atoms with van der Waals surface area (Å²) >= 11 is 0. The Morgan fingerprint density at radius 3 is 2.67 bits per heavy atom. The maximum absolute atomic E-state index is 11.6. The average molecular weight is 256 g/mol. The molecule has 0 radical (unpaired) electrons. The minimum atomic E-state index is -0.514. The van der Waals surface area contributed by atoms with Crippen LogP contribution in [0.1, 0.15) is 40.0 Å². The molecule has 1 saturated heterocycles. The van der Waals surface area contributed by atoms with Crippen LogP contribution in [0.5, 0.6) is 0 Å². The third kappa shape index (κ3) is 4.29. The quantitative estimate of drug-likeness (QED) is 0.557. The molecule has 5 nitrogen and oxygen atoms in total. The fourth-order valence-corrected chi connectivity index (χ4v) is 2.38. The summed E-state index contributed by atoms with van der Waals surface area (Å²) < 4.78 is 0. The maximum Gasteiger partial charge on any atom is 0.309 e. The number of hydrogen-bond acceptors (Lipinski definition) is 2. The molecule has 0 aliphatic carbocycles. The van der Waals surface area contributed by atoms with E-state index in [1.807, 2.05) is 13.8 Å². The summed E-state index contributed by atoms with van der Waals surface area (Å²) in [7, 11) is 0. The van der Waals surface area contributed by atoms with Gasteiger partial charge in [-0.05, 0) is 20.3 Å². The topological polar surface area (TPSA) is 62.6 Å². The van der Waals surface area contributed by atoms with Crippen molar-refractivity contribution in [3.63, 3.8) is 0 Å². The molecule has 104 valence electrons. The number of rotatable bonds is 5. The van der Waals surface area contributed by atoms with Crippen LogP contribution >= 0.6 is 0 Å². The lowest BCUT2D eigenvalue weighted by Crippen LogP contribution is -3.14. The second-order valence-electron chi connectivity index (χ2n) is 5.09. The van der Waals surface area contributed by atoms with Gasteiger partial charge in [-0.25, -0.2) is 0 Å². The first-order chi connectivity index (χ1) is 8.58. The molecule has 0 aromatic rings. The largest absolute Gasteiger partial charge is 0.345 e. The van der Waals surface area contributed by atoms with Crippen LogP contribution in [-0.4, -0.2) is 43.5 Å². The summed E-state index contributed by atoms with van der Waals surface area (Å²) in [5.41, 5.74) is 0. The molecule has 1 fully saturated rings. The lowest BCUT2D eigenvalue weighted by atomic mass is 10.2. The standard InChI is InChI=1S/C13H25N3O2/c1-4-10(3)15-13(18)12(17)14-9-11-7-6-8-16(11)5-2/h10-11H,4-9H2,1-3H3,(H,14,17)(H,15,18)/p+1/t10-,11+/m0/s1. The molecule has 5 heteroatoms. The summed E-state index contributed by atoms with van der Waals surface area (Å²) in [5.74, 6) is -1.02. The summed E-state index contributed by atoms with van der Waals surface area (Å²) in [5, 5.41) is 5.42. The van der Waals surface area contributed by atoms with Crippen molar-refractivity contribution in [2.24, 2.45) is 0 Å². The van der Waals surface area contributed by atoms with Gasteiger partial charge in [0.1, 0.15) is 6.04 Å². The van der Waals surface area contributed by atoms with Gasteiger partial charge in [-0.2, -0.15) is 0 Å². The van der Waals surface area contributed by atoms with Crippen molar-refractivity contribution >= 4 is 11.8 Å². The minimum Gasteiger partial charge on any atom is -0.345 e. The zero-order chi connectivity index (χ0) is 13.5. The molecule has 1 aliphatic heterocycles. The van der Waals surface area contributed by atoms with Crippen LogP contribution in [0.3, 0.4) is 0 Å². The first kappa shape index (κ1) is 15.0. The Morgan fingerprint density at radius 1 is 1.33 bits per heavy atom. The first-order valence-corrected chi connectivity index (χ1v) is 7.01. The lowest BCUT2D eigenvalue weighted by Gasteiger charge is -2.20. The highest BCUT2D eigenvalue weighted by Gasteiger charge is 2.28. The first-order valence-electron chi connectivity index (χ1n) is 7.01. The molecule has 0 bridgehead atoms. The van der Waals surface area contributed by atoms with Crippen LogP contribution in [0.15, 0.2) is 0 Å². The van der Waals surface area contributed by atoms with E-state index in [0.29, 0.717) is 12.6 Å². The Balaban J connectivity index is 2.30. The second-order valence-corrected chi connectivity index (χ2v) is 5.09. The van der Waals surface area contributed by atoms with Gasteiger partial charge in [0.15, 0.2) is 0 Å². The predicted molar refractivity (Wildman–Crippen MR) is 70.3 cm³/mol. The molecule has 3 atom stereocenters. The number of hydrogen-bond donors (Lipinski definition) is 3. The monoisotopic (exact) mass is 256 g/mol. The van der Waals surface area contributed by atoms with Crippen molar-refractivity contribution in [3.05, 3.63) is 0 Å². The molecule has 0 spiro atoms. The Morgan fingerprint density at radius 2 is 2.06 bits per heavy atom. The molecule has 18 heavy (non-hydrogen) atoms. The predicted octanol–water partition coefficient (Wildman–Crippen LogP) is -0.915. The second kappa shape index (κ2) is 7.36. The Labute approximate surface area is 109 Å². The van der Waals surface area contributed by atoms with Crippen LogP contribution in [0.2, 0.25) is 0 Å². The molecule has 0 aromatic carbocycles. The highest BCUT2D eigenvalue weighted by Crippen LogP contribution is 1.98.